The molecule has 3 rings (SSSR count). The molecule has 0 bridgehead atoms. The number of nitrogens with zero attached hydrogens (tertiary/aromatic N) is 1. The zero-order valence-electron chi connectivity index (χ0n) is 15.5. The zero-order valence-corrected chi connectivity index (χ0v) is 16.3. The SMILES string of the molecule is COC(=O)[C@H](C)[C@@H]1Sc2ccccc2N(Cc2cc(C)ccc2C)C1=O. The summed E-state index contributed by atoms with van der Waals surface area (Å²) in [5, 5.41) is -0.484. The van der Waals surface area contributed by atoms with Crippen LogP contribution in [0.4, 0.5) is 5.69 Å². The molecule has 1 amide bonds. The molecule has 1 aliphatic rings. The lowest BCUT2D eigenvalue weighted by atomic mass is 10.0. The average molecular weight is 369 g/mol. The maximum atomic E-state index is 13.2. The predicted octanol–water partition coefficient (Wildman–Crippen LogP) is 4.12. The van der Waals surface area contributed by atoms with Gasteiger partial charge in [0.15, 0.2) is 0 Å². The molecule has 5 heteroatoms. The Morgan fingerprint density at radius 3 is 2.69 bits per heavy atom. The van der Waals surface area contributed by atoms with E-state index in [1.807, 2.05) is 31.2 Å². The van der Waals surface area contributed by atoms with Crippen LogP contribution in [0.5, 0.6) is 0 Å². The Bertz CT molecular complexity index is 849. The van der Waals surface area contributed by atoms with Crippen molar-refractivity contribution in [3.63, 3.8) is 0 Å². The van der Waals surface area contributed by atoms with Gasteiger partial charge in [0, 0.05) is 4.90 Å². The standard InChI is InChI=1S/C21H23NO3S/c1-13-9-10-14(2)16(11-13)12-22-17-7-5-6-8-18(17)26-19(20(22)23)15(3)21(24)25-4/h5-11,15,19H,12H2,1-4H3/t15-,19+/m1/s1. The number of amides is 1. The zero-order chi connectivity index (χ0) is 18.8. The van der Waals surface area contributed by atoms with Gasteiger partial charge in [-0.1, -0.05) is 42.8 Å². The normalized spacial score (nSPS) is 17.6. The Morgan fingerprint density at radius 1 is 1.23 bits per heavy atom. The van der Waals surface area contributed by atoms with Crippen LogP contribution >= 0.6 is 11.8 Å². The minimum atomic E-state index is -0.507. The summed E-state index contributed by atoms with van der Waals surface area (Å²) in [5.74, 6) is -0.915. The van der Waals surface area contributed by atoms with Gasteiger partial charge in [0.05, 0.1) is 25.3 Å². The Morgan fingerprint density at radius 2 is 1.96 bits per heavy atom. The molecule has 0 unspecified atom stereocenters. The number of esters is 1. The van der Waals surface area contributed by atoms with E-state index in [-0.39, 0.29) is 11.9 Å². The molecule has 26 heavy (non-hydrogen) atoms. The molecule has 0 saturated carbocycles. The largest absolute Gasteiger partial charge is 0.469 e. The first kappa shape index (κ1) is 18.5. The van der Waals surface area contributed by atoms with E-state index in [1.54, 1.807) is 11.8 Å². The minimum absolute atomic E-state index is 0.0486. The molecule has 0 aromatic heterocycles. The molecule has 2 atom stereocenters. The Hall–Kier alpha value is -2.27. The first-order chi connectivity index (χ1) is 12.4. The van der Waals surface area contributed by atoms with E-state index in [1.165, 1.54) is 18.9 Å². The fourth-order valence-corrected chi connectivity index (χ4v) is 4.44. The molecule has 0 fully saturated rings. The third kappa shape index (κ3) is 3.49. The number of carbonyl (C=O) groups excluding carboxylic acids is 2. The van der Waals surface area contributed by atoms with Crippen molar-refractivity contribution in [3.8, 4) is 0 Å². The summed E-state index contributed by atoms with van der Waals surface area (Å²) in [7, 11) is 1.36. The van der Waals surface area contributed by atoms with Gasteiger partial charge in [0.1, 0.15) is 5.25 Å². The molecular weight excluding hydrogens is 346 g/mol. The molecule has 2 aromatic carbocycles. The lowest BCUT2D eigenvalue weighted by Gasteiger charge is -2.35. The highest BCUT2D eigenvalue weighted by molar-refractivity contribution is 8.01. The number of aryl methyl sites for hydroxylation is 2. The lowest BCUT2D eigenvalue weighted by molar-refractivity contribution is -0.146. The van der Waals surface area contributed by atoms with Crippen LogP contribution in [-0.2, 0) is 20.9 Å². The number of carbonyl (C=O) groups is 2. The number of fused-ring (bicyclic) bond motifs is 1. The molecular formula is C21H23NO3S. The summed E-state index contributed by atoms with van der Waals surface area (Å²) >= 11 is 1.45. The molecule has 0 saturated heterocycles. The monoisotopic (exact) mass is 369 g/mol. The van der Waals surface area contributed by atoms with Crippen molar-refractivity contribution in [3.05, 3.63) is 59.2 Å². The summed E-state index contributed by atoms with van der Waals surface area (Å²) < 4.78 is 4.87. The minimum Gasteiger partial charge on any atom is -0.469 e. The van der Waals surface area contributed by atoms with Crippen LogP contribution in [0.25, 0.3) is 0 Å². The number of anilines is 1. The van der Waals surface area contributed by atoms with E-state index in [0.29, 0.717) is 6.54 Å². The summed E-state index contributed by atoms with van der Waals surface area (Å²) in [6.07, 6.45) is 0. The first-order valence-corrected chi connectivity index (χ1v) is 9.51. The van der Waals surface area contributed by atoms with Gasteiger partial charge in [-0.15, -0.1) is 11.8 Å². The van der Waals surface area contributed by atoms with Crippen LogP contribution in [0.15, 0.2) is 47.4 Å². The van der Waals surface area contributed by atoms with Crippen LogP contribution in [-0.4, -0.2) is 24.2 Å². The Labute approximate surface area is 158 Å². The second-order valence-electron chi connectivity index (χ2n) is 6.67. The smallest absolute Gasteiger partial charge is 0.310 e. The topological polar surface area (TPSA) is 46.6 Å². The van der Waals surface area contributed by atoms with Gasteiger partial charge in [-0.3, -0.25) is 9.59 Å². The Kier molecular flexibility index (Phi) is 5.37. The van der Waals surface area contributed by atoms with Gasteiger partial charge in [-0.05, 0) is 37.1 Å². The fourth-order valence-electron chi connectivity index (χ4n) is 3.17. The van der Waals surface area contributed by atoms with Gasteiger partial charge in [0.2, 0.25) is 5.91 Å². The number of hydrogen-bond donors (Lipinski definition) is 0. The molecule has 0 aliphatic carbocycles. The van der Waals surface area contributed by atoms with Gasteiger partial charge in [-0.25, -0.2) is 0 Å². The molecule has 4 nitrogen and oxygen atoms in total. The van der Waals surface area contributed by atoms with Crippen molar-refractivity contribution in [1.82, 2.24) is 0 Å². The summed E-state index contributed by atoms with van der Waals surface area (Å²) in [6.45, 7) is 6.35. The van der Waals surface area contributed by atoms with Gasteiger partial charge in [0.25, 0.3) is 0 Å². The van der Waals surface area contributed by atoms with Crippen LogP contribution in [0.2, 0.25) is 0 Å². The number of hydrogen-bond acceptors (Lipinski definition) is 4. The second-order valence-corrected chi connectivity index (χ2v) is 7.86. The molecule has 0 spiro atoms. The summed E-state index contributed by atoms with van der Waals surface area (Å²) in [6, 6.07) is 14.1. The average Bonchev–Trinajstić information content (AvgIpc) is 2.65. The summed E-state index contributed by atoms with van der Waals surface area (Å²) in [5.41, 5.74) is 4.33. The maximum absolute atomic E-state index is 13.2. The van der Waals surface area contributed by atoms with E-state index in [4.69, 9.17) is 4.74 Å². The number of ether oxygens (including phenoxy) is 1. The fraction of sp³-hybridized carbons (Fsp3) is 0.333. The van der Waals surface area contributed by atoms with E-state index in [0.717, 1.165) is 27.3 Å². The summed E-state index contributed by atoms with van der Waals surface area (Å²) in [4.78, 5) is 28.1. The van der Waals surface area contributed by atoms with Crippen LogP contribution in [0.3, 0.4) is 0 Å². The third-order valence-corrected chi connectivity index (χ3v) is 6.24. The van der Waals surface area contributed by atoms with E-state index >= 15 is 0 Å². The van der Waals surface area contributed by atoms with Crippen molar-refractivity contribution in [2.45, 2.75) is 37.5 Å². The maximum Gasteiger partial charge on any atom is 0.310 e. The van der Waals surface area contributed by atoms with Crippen LogP contribution in [0, 0.1) is 19.8 Å². The predicted molar refractivity (Wildman–Crippen MR) is 104 cm³/mol. The van der Waals surface area contributed by atoms with Crippen molar-refractivity contribution in [1.29, 1.82) is 0 Å². The van der Waals surface area contributed by atoms with Crippen molar-refractivity contribution in [2.24, 2.45) is 5.92 Å². The number of methoxy groups -OCH3 is 1. The van der Waals surface area contributed by atoms with Gasteiger partial charge < -0.3 is 9.64 Å². The molecule has 1 aliphatic heterocycles. The third-order valence-electron chi connectivity index (χ3n) is 4.78. The first-order valence-electron chi connectivity index (χ1n) is 8.63. The van der Waals surface area contributed by atoms with Gasteiger partial charge >= 0.3 is 5.97 Å². The molecule has 2 aromatic rings. The molecule has 0 N–H and O–H groups in total. The highest BCUT2D eigenvalue weighted by atomic mass is 32.2. The highest BCUT2D eigenvalue weighted by Crippen LogP contribution is 2.42. The number of thioether (sulfide) groups is 1. The molecule has 136 valence electrons. The molecule has 1 heterocycles. The van der Waals surface area contributed by atoms with Crippen molar-refractivity contribution >= 4 is 29.3 Å². The van der Waals surface area contributed by atoms with Crippen LogP contribution < -0.4 is 4.90 Å². The molecule has 0 radical (unpaired) electrons. The van der Waals surface area contributed by atoms with E-state index < -0.39 is 11.2 Å². The van der Waals surface area contributed by atoms with Gasteiger partial charge in [-0.2, -0.15) is 0 Å². The lowest BCUT2D eigenvalue weighted by Crippen LogP contribution is -2.45. The highest BCUT2D eigenvalue weighted by Gasteiger charge is 2.39. The number of rotatable bonds is 4. The quantitative estimate of drug-likeness (QED) is 0.761. The second kappa shape index (κ2) is 7.54. The van der Waals surface area contributed by atoms with Crippen molar-refractivity contribution < 1.29 is 14.3 Å². The van der Waals surface area contributed by atoms with Crippen LogP contribution in [0.1, 0.15) is 23.6 Å². The Balaban J connectivity index is 2.00. The van der Waals surface area contributed by atoms with Crippen molar-refractivity contribution in [2.75, 3.05) is 12.0 Å². The van der Waals surface area contributed by atoms with E-state index in [2.05, 4.69) is 25.1 Å². The van der Waals surface area contributed by atoms with E-state index in [9.17, 15) is 9.59 Å². The number of benzene rings is 2. The number of para-hydroxylation sites is 1.